The Balaban J connectivity index is 1.12. The maximum Gasteiger partial charge on any atom is 0.164 e. The van der Waals surface area contributed by atoms with Gasteiger partial charge in [0, 0.05) is 61.6 Å². The predicted octanol–water partition coefficient (Wildman–Crippen LogP) is 15.2. The van der Waals surface area contributed by atoms with Crippen LogP contribution in [-0.4, -0.2) is 25.6 Å². The van der Waals surface area contributed by atoms with E-state index in [0.717, 1.165) is 83.7 Å². The third kappa shape index (κ3) is 7.65. The molecular formula is C60H46N6. The highest BCUT2D eigenvalue weighted by Crippen LogP contribution is 2.43. The largest absolute Gasteiger partial charge is 0.331 e. The Hall–Kier alpha value is -8.61. The van der Waals surface area contributed by atoms with Crippen LogP contribution < -0.4 is 9.80 Å². The van der Waals surface area contributed by atoms with Crippen molar-refractivity contribution in [3.05, 3.63) is 248 Å². The number of aryl methyl sites for hydroxylation is 2. The monoisotopic (exact) mass is 850 g/mol. The summed E-state index contributed by atoms with van der Waals surface area (Å²) < 4.78 is 2.43. The smallest absolute Gasteiger partial charge is 0.164 e. The minimum absolute atomic E-state index is 0.00747. The summed E-state index contributed by atoms with van der Waals surface area (Å²) in [6.07, 6.45) is 12.9. The van der Waals surface area contributed by atoms with Gasteiger partial charge in [0.05, 0.1) is 17.1 Å². The molecule has 0 fully saturated rings. The molecule has 0 radical (unpaired) electrons. The van der Waals surface area contributed by atoms with Crippen LogP contribution in [0.2, 0.25) is 0 Å². The van der Waals surface area contributed by atoms with E-state index in [0.29, 0.717) is 17.5 Å². The highest BCUT2D eigenvalue weighted by molar-refractivity contribution is 6.12. The van der Waals surface area contributed by atoms with Gasteiger partial charge in [-0.3, -0.25) is 0 Å². The van der Waals surface area contributed by atoms with E-state index in [1.807, 2.05) is 60.7 Å². The summed E-state index contributed by atoms with van der Waals surface area (Å²) in [6.45, 7) is 4.35. The van der Waals surface area contributed by atoms with Crippen LogP contribution in [0.25, 0.3) is 61.7 Å². The average Bonchev–Trinajstić information content (AvgIpc) is 3.47. The van der Waals surface area contributed by atoms with Gasteiger partial charge in [0.2, 0.25) is 0 Å². The zero-order valence-electron chi connectivity index (χ0n) is 36.8. The highest BCUT2D eigenvalue weighted by atomic mass is 15.2. The second-order valence-electron chi connectivity index (χ2n) is 16.6. The van der Waals surface area contributed by atoms with Crippen LogP contribution in [0.1, 0.15) is 11.1 Å². The van der Waals surface area contributed by atoms with Crippen molar-refractivity contribution in [3.63, 3.8) is 0 Å². The molecule has 11 rings (SSSR count). The molecule has 0 N–H and O–H groups in total. The fourth-order valence-corrected chi connectivity index (χ4v) is 9.16. The van der Waals surface area contributed by atoms with Crippen LogP contribution in [0, 0.1) is 13.8 Å². The molecule has 0 atom stereocenters. The molecule has 0 spiro atoms. The summed E-state index contributed by atoms with van der Waals surface area (Å²) in [5, 5.41) is 2.31. The minimum Gasteiger partial charge on any atom is -0.331 e. The van der Waals surface area contributed by atoms with E-state index in [1.54, 1.807) is 0 Å². The molecule has 2 heterocycles. The molecule has 0 unspecified atom stereocenters. The average molecular weight is 851 g/mol. The molecule has 66 heavy (non-hydrogen) atoms. The molecule has 6 nitrogen and oxygen atoms in total. The highest BCUT2D eigenvalue weighted by Gasteiger charge is 2.23. The second kappa shape index (κ2) is 17.5. The Morgan fingerprint density at radius 1 is 0.394 bits per heavy atom. The molecule has 0 saturated heterocycles. The van der Waals surface area contributed by atoms with E-state index in [9.17, 15) is 0 Å². The third-order valence-electron chi connectivity index (χ3n) is 12.3. The van der Waals surface area contributed by atoms with Crippen LogP contribution in [0.3, 0.4) is 0 Å². The number of para-hydroxylation sites is 3. The van der Waals surface area contributed by atoms with Gasteiger partial charge in [0.15, 0.2) is 17.5 Å². The lowest BCUT2D eigenvalue weighted by Gasteiger charge is -2.30. The maximum atomic E-state index is 5.11. The molecule has 0 amide bonds. The van der Waals surface area contributed by atoms with Crippen molar-refractivity contribution in [2.45, 2.75) is 19.9 Å². The quantitative estimate of drug-likeness (QED) is 0.137. The number of allylic oxidation sites excluding steroid dienone is 4. The van der Waals surface area contributed by atoms with Crippen LogP contribution >= 0.6 is 0 Å². The molecule has 0 aliphatic heterocycles. The van der Waals surface area contributed by atoms with Gasteiger partial charge in [-0.25, -0.2) is 15.0 Å². The first-order valence-electron chi connectivity index (χ1n) is 22.4. The number of benzene rings is 8. The van der Waals surface area contributed by atoms with Crippen molar-refractivity contribution in [1.29, 1.82) is 0 Å². The Labute approximate surface area is 385 Å². The van der Waals surface area contributed by atoms with Crippen LogP contribution in [0.4, 0.5) is 28.4 Å². The zero-order chi connectivity index (χ0) is 44.4. The predicted molar refractivity (Wildman–Crippen MR) is 274 cm³/mol. The second-order valence-corrected chi connectivity index (χ2v) is 16.6. The number of hydrogen-bond donors (Lipinski definition) is 0. The van der Waals surface area contributed by atoms with Gasteiger partial charge >= 0.3 is 0 Å². The maximum absolute atomic E-state index is 5.11. The van der Waals surface area contributed by atoms with Crippen molar-refractivity contribution >= 4 is 50.2 Å². The van der Waals surface area contributed by atoms with Crippen LogP contribution in [0.15, 0.2) is 237 Å². The first kappa shape index (κ1) is 40.2. The molecule has 6 heteroatoms. The number of hydrogen-bond acceptors (Lipinski definition) is 5. The Morgan fingerprint density at radius 2 is 0.848 bits per heavy atom. The van der Waals surface area contributed by atoms with E-state index in [2.05, 4.69) is 204 Å². The van der Waals surface area contributed by atoms with E-state index in [-0.39, 0.29) is 6.04 Å². The summed E-state index contributed by atoms with van der Waals surface area (Å²) >= 11 is 0. The van der Waals surface area contributed by atoms with E-state index in [1.165, 1.54) is 0 Å². The normalized spacial score (nSPS) is 12.5. The van der Waals surface area contributed by atoms with Crippen LogP contribution in [0.5, 0.6) is 0 Å². The molecule has 316 valence electrons. The molecule has 0 saturated carbocycles. The summed E-state index contributed by atoms with van der Waals surface area (Å²) in [5.41, 5.74) is 13.8. The SMILES string of the molecule is Cc1cc(-n2c3ccc(N(c4ccccc4)c4ccccc4)cc3c3cc(N(c4ccccc4)C4C=CC=CC=C4)ccc32)c(C)cc1-c1nc(-c2ccccc2)nc(-c2ccccc2)n1. The van der Waals surface area contributed by atoms with Gasteiger partial charge in [-0.15, -0.1) is 0 Å². The lowest BCUT2D eigenvalue weighted by atomic mass is 10.0. The third-order valence-corrected chi connectivity index (χ3v) is 12.3. The topological polar surface area (TPSA) is 50.1 Å². The molecule has 8 aromatic carbocycles. The molecule has 2 aromatic heterocycles. The molecule has 1 aliphatic carbocycles. The van der Waals surface area contributed by atoms with Gasteiger partial charge in [-0.1, -0.05) is 152 Å². The van der Waals surface area contributed by atoms with Crippen molar-refractivity contribution in [3.8, 4) is 39.9 Å². The van der Waals surface area contributed by atoms with Crippen molar-refractivity contribution < 1.29 is 0 Å². The first-order chi connectivity index (χ1) is 32.6. The Bertz CT molecular complexity index is 3320. The number of anilines is 5. The first-order valence-corrected chi connectivity index (χ1v) is 22.4. The fraction of sp³-hybridized carbons (Fsp3) is 0.0500. The Morgan fingerprint density at radius 3 is 1.38 bits per heavy atom. The minimum atomic E-state index is 0.00747. The molecular weight excluding hydrogens is 805 g/mol. The zero-order valence-corrected chi connectivity index (χ0v) is 36.8. The van der Waals surface area contributed by atoms with E-state index in [4.69, 9.17) is 15.0 Å². The van der Waals surface area contributed by atoms with Crippen molar-refractivity contribution in [1.82, 2.24) is 19.5 Å². The summed E-state index contributed by atoms with van der Waals surface area (Å²) in [5.74, 6) is 1.93. The number of nitrogens with zero attached hydrogens (tertiary/aromatic N) is 6. The number of fused-ring (bicyclic) bond motifs is 3. The standard InChI is InChI=1S/C60H46N6/c1-42-39-57(43(2)38-52(42)60-62-58(44-22-10-5-11-23-44)61-59(63-60)45-24-12-6-13-25-45)66-55-36-34-50(64(47-28-16-7-17-29-47)46-26-14-3-4-15-27-46)40-53(55)54-41-51(35-37-56(54)66)65(48-30-18-8-19-31-48)49-32-20-9-21-33-49/h3-41,46H,1-2H3. The summed E-state index contributed by atoms with van der Waals surface area (Å²) in [7, 11) is 0. The van der Waals surface area contributed by atoms with Gasteiger partial charge in [-0.2, -0.15) is 0 Å². The van der Waals surface area contributed by atoms with Crippen LogP contribution in [-0.2, 0) is 0 Å². The number of aromatic nitrogens is 4. The lowest BCUT2D eigenvalue weighted by molar-refractivity contribution is 0.945. The van der Waals surface area contributed by atoms with Crippen molar-refractivity contribution in [2.75, 3.05) is 9.80 Å². The van der Waals surface area contributed by atoms with E-state index < -0.39 is 0 Å². The van der Waals surface area contributed by atoms with Crippen molar-refractivity contribution in [2.24, 2.45) is 0 Å². The molecule has 10 aromatic rings. The molecule has 1 aliphatic rings. The van der Waals surface area contributed by atoms with Gasteiger partial charge in [0.1, 0.15) is 0 Å². The van der Waals surface area contributed by atoms with E-state index >= 15 is 0 Å². The fourth-order valence-electron chi connectivity index (χ4n) is 9.16. The lowest BCUT2D eigenvalue weighted by Crippen LogP contribution is -2.27. The van der Waals surface area contributed by atoms with Gasteiger partial charge < -0.3 is 14.4 Å². The number of rotatable bonds is 10. The van der Waals surface area contributed by atoms with Gasteiger partial charge in [0.25, 0.3) is 0 Å². The Kier molecular flexibility index (Phi) is 10.7. The summed E-state index contributed by atoms with van der Waals surface area (Å²) in [4.78, 5) is 19.9. The van der Waals surface area contributed by atoms with Gasteiger partial charge in [-0.05, 0) is 110 Å². The summed E-state index contributed by atoms with van der Waals surface area (Å²) in [6, 6.07) is 70.6. The molecule has 0 bridgehead atoms.